The molecule has 2 fully saturated rings. The van der Waals surface area contributed by atoms with Gasteiger partial charge in [0.2, 0.25) is 0 Å². The minimum Gasteiger partial charge on any atom is -0.489 e. The molecule has 0 radical (unpaired) electrons. The number of benzene rings is 4. The van der Waals surface area contributed by atoms with E-state index in [4.69, 9.17) is 9.47 Å². The second kappa shape index (κ2) is 10.1. The SMILES string of the molecule is Fc1cc(OCc2ccccc2)c(C2CC2)cc1-c1cc(C2CC2)c(OCc2ccccc2)cc1Br. The van der Waals surface area contributed by atoms with Crippen LogP contribution in [0.3, 0.4) is 0 Å². The van der Waals surface area contributed by atoms with Gasteiger partial charge >= 0.3 is 0 Å². The first kappa shape index (κ1) is 23.3. The molecular formula is C32H28BrFO2. The van der Waals surface area contributed by atoms with Crippen LogP contribution in [0.15, 0.2) is 89.4 Å². The topological polar surface area (TPSA) is 18.5 Å². The third kappa shape index (κ3) is 5.19. The third-order valence-corrected chi connectivity index (χ3v) is 7.65. The Morgan fingerprint density at radius 2 is 1.11 bits per heavy atom. The molecule has 182 valence electrons. The molecule has 4 heteroatoms. The minimum absolute atomic E-state index is 0.261. The maximum atomic E-state index is 15.6. The van der Waals surface area contributed by atoms with Gasteiger partial charge in [0.05, 0.1) is 0 Å². The molecule has 0 N–H and O–H groups in total. The van der Waals surface area contributed by atoms with E-state index in [1.165, 1.54) is 5.56 Å². The van der Waals surface area contributed by atoms with Gasteiger partial charge in [-0.1, -0.05) is 76.6 Å². The van der Waals surface area contributed by atoms with Crippen LogP contribution in [0.2, 0.25) is 0 Å². The molecule has 4 aromatic carbocycles. The van der Waals surface area contributed by atoms with Crippen molar-refractivity contribution in [3.05, 3.63) is 117 Å². The Labute approximate surface area is 220 Å². The highest BCUT2D eigenvalue weighted by Crippen LogP contribution is 2.50. The average molecular weight is 543 g/mol. The van der Waals surface area contributed by atoms with Crippen molar-refractivity contribution in [2.45, 2.75) is 50.7 Å². The number of rotatable bonds is 9. The normalized spacial score (nSPS) is 15.1. The van der Waals surface area contributed by atoms with Crippen LogP contribution in [0.1, 0.15) is 59.8 Å². The summed E-state index contributed by atoms with van der Waals surface area (Å²) in [5.74, 6) is 2.18. The highest BCUT2D eigenvalue weighted by molar-refractivity contribution is 9.10. The lowest BCUT2D eigenvalue weighted by atomic mass is 9.96. The van der Waals surface area contributed by atoms with E-state index in [1.807, 2.05) is 60.7 Å². The van der Waals surface area contributed by atoms with Crippen LogP contribution in [0.25, 0.3) is 11.1 Å². The number of halogens is 2. The molecule has 0 atom stereocenters. The molecular weight excluding hydrogens is 515 g/mol. The van der Waals surface area contributed by atoms with Gasteiger partial charge < -0.3 is 9.47 Å². The molecule has 2 nitrogen and oxygen atoms in total. The monoisotopic (exact) mass is 542 g/mol. The zero-order chi connectivity index (χ0) is 24.5. The smallest absolute Gasteiger partial charge is 0.134 e. The van der Waals surface area contributed by atoms with Crippen molar-refractivity contribution < 1.29 is 13.9 Å². The largest absolute Gasteiger partial charge is 0.489 e. The van der Waals surface area contributed by atoms with E-state index < -0.39 is 0 Å². The lowest BCUT2D eigenvalue weighted by Crippen LogP contribution is -2.01. The molecule has 0 aromatic heterocycles. The van der Waals surface area contributed by atoms with Crippen molar-refractivity contribution in [2.24, 2.45) is 0 Å². The molecule has 6 rings (SSSR count). The van der Waals surface area contributed by atoms with Crippen molar-refractivity contribution in [3.63, 3.8) is 0 Å². The first-order valence-corrected chi connectivity index (χ1v) is 13.5. The van der Waals surface area contributed by atoms with Crippen molar-refractivity contribution in [1.82, 2.24) is 0 Å². The van der Waals surface area contributed by atoms with E-state index in [2.05, 4.69) is 34.1 Å². The summed E-state index contributed by atoms with van der Waals surface area (Å²) >= 11 is 3.73. The standard InChI is InChI=1S/C32H28BrFO2/c33-29-17-31(35-19-21-7-3-1-4-8-21)25(23-11-12-23)15-27(29)28-16-26(24-13-14-24)32(18-30(28)34)36-20-22-9-5-2-6-10-22/h1-10,15-18,23-24H,11-14,19-20H2. The molecule has 0 aliphatic heterocycles. The first-order chi connectivity index (χ1) is 17.7. The second-order valence-corrected chi connectivity index (χ2v) is 10.7. The van der Waals surface area contributed by atoms with E-state index in [0.717, 1.165) is 58.2 Å². The maximum absolute atomic E-state index is 15.6. The van der Waals surface area contributed by atoms with Crippen LogP contribution in [0.4, 0.5) is 4.39 Å². The van der Waals surface area contributed by atoms with Crippen LogP contribution in [-0.2, 0) is 13.2 Å². The summed E-state index contributed by atoms with van der Waals surface area (Å²) in [6.07, 6.45) is 4.52. The summed E-state index contributed by atoms with van der Waals surface area (Å²) in [5.41, 5.74) is 5.97. The van der Waals surface area contributed by atoms with E-state index in [9.17, 15) is 0 Å². The maximum Gasteiger partial charge on any atom is 0.134 e. The second-order valence-electron chi connectivity index (χ2n) is 9.84. The molecule has 0 saturated heterocycles. The fourth-order valence-corrected chi connectivity index (χ4v) is 5.24. The van der Waals surface area contributed by atoms with Crippen LogP contribution in [0, 0.1) is 5.82 Å². The lowest BCUT2D eigenvalue weighted by molar-refractivity contribution is 0.301. The first-order valence-electron chi connectivity index (χ1n) is 12.7. The van der Waals surface area contributed by atoms with E-state index in [0.29, 0.717) is 36.4 Å². The fraction of sp³-hybridized carbons (Fsp3) is 0.250. The summed E-state index contributed by atoms with van der Waals surface area (Å²) in [6.45, 7) is 0.947. The van der Waals surface area contributed by atoms with Gasteiger partial charge in [-0.3, -0.25) is 0 Å². The predicted octanol–water partition coefficient (Wildman–Crippen LogP) is 9.17. The van der Waals surface area contributed by atoms with Gasteiger partial charge in [0.25, 0.3) is 0 Å². The highest BCUT2D eigenvalue weighted by atomic mass is 79.9. The Bertz CT molecular complexity index is 1260. The fourth-order valence-electron chi connectivity index (χ4n) is 4.70. The molecule has 2 saturated carbocycles. The molecule has 0 spiro atoms. The summed E-state index contributed by atoms with van der Waals surface area (Å²) < 4.78 is 28.8. The van der Waals surface area contributed by atoms with Crippen LogP contribution in [-0.4, -0.2) is 0 Å². The molecule has 0 heterocycles. The van der Waals surface area contributed by atoms with Gasteiger partial charge in [-0.2, -0.15) is 0 Å². The third-order valence-electron chi connectivity index (χ3n) is 7.00. The van der Waals surface area contributed by atoms with Crippen LogP contribution >= 0.6 is 15.9 Å². The average Bonchev–Trinajstić information content (AvgIpc) is 3.82. The number of hydrogen-bond donors (Lipinski definition) is 0. The Hall–Kier alpha value is -3.11. The zero-order valence-corrected chi connectivity index (χ0v) is 21.6. The van der Waals surface area contributed by atoms with Gasteiger partial charge in [0.1, 0.15) is 30.5 Å². The van der Waals surface area contributed by atoms with Gasteiger partial charge in [-0.15, -0.1) is 0 Å². The molecule has 36 heavy (non-hydrogen) atoms. The van der Waals surface area contributed by atoms with Crippen molar-refractivity contribution >= 4 is 15.9 Å². The molecule has 0 amide bonds. The Morgan fingerprint density at radius 3 is 1.61 bits per heavy atom. The molecule has 0 unspecified atom stereocenters. The quantitative estimate of drug-likeness (QED) is 0.210. The summed E-state index contributed by atoms with van der Waals surface area (Å²) in [4.78, 5) is 0. The Kier molecular flexibility index (Phi) is 6.54. The minimum atomic E-state index is -0.261. The summed E-state index contributed by atoms with van der Waals surface area (Å²) in [5, 5.41) is 0. The predicted molar refractivity (Wildman–Crippen MR) is 145 cm³/mol. The van der Waals surface area contributed by atoms with Gasteiger partial charge in [-0.25, -0.2) is 4.39 Å². The Balaban J connectivity index is 1.31. The summed E-state index contributed by atoms with van der Waals surface area (Å²) in [7, 11) is 0. The van der Waals surface area contributed by atoms with E-state index in [-0.39, 0.29) is 5.82 Å². The van der Waals surface area contributed by atoms with Crippen LogP contribution < -0.4 is 9.47 Å². The highest BCUT2D eigenvalue weighted by Gasteiger charge is 2.31. The molecule has 0 bridgehead atoms. The Morgan fingerprint density at radius 1 is 0.639 bits per heavy atom. The molecule has 2 aliphatic rings. The van der Waals surface area contributed by atoms with Crippen molar-refractivity contribution in [3.8, 4) is 22.6 Å². The van der Waals surface area contributed by atoms with E-state index >= 15 is 4.39 Å². The molecule has 4 aromatic rings. The number of ether oxygens (including phenoxy) is 2. The van der Waals surface area contributed by atoms with E-state index in [1.54, 1.807) is 6.07 Å². The number of hydrogen-bond acceptors (Lipinski definition) is 2. The molecule has 2 aliphatic carbocycles. The van der Waals surface area contributed by atoms with Crippen LogP contribution in [0.5, 0.6) is 11.5 Å². The van der Waals surface area contributed by atoms with Gasteiger partial charge in [-0.05, 0) is 83.5 Å². The lowest BCUT2D eigenvalue weighted by Gasteiger charge is -2.18. The van der Waals surface area contributed by atoms with Gasteiger partial charge in [0.15, 0.2) is 0 Å². The zero-order valence-electron chi connectivity index (χ0n) is 20.1. The van der Waals surface area contributed by atoms with Gasteiger partial charge in [0, 0.05) is 16.1 Å². The van der Waals surface area contributed by atoms with Crippen molar-refractivity contribution in [2.75, 3.05) is 0 Å². The summed E-state index contributed by atoms with van der Waals surface area (Å²) in [6, 6.07) is 27.9. The van der Waals surface area contributed by atoms with Crippen molar-refractivity contribution in [1.29, 1.82) is 0 Å².